The van der Waals surface area contributed by atoms with Crippen molar-refractivity contribution in [2.24, 2.45) is 10.9 Å². The van der Waals surface area contributed by atoms with Crippen molar-refractivity contribution in [3.8, 4) is 0 Å². The first kappa shape index (κ1) is 21.2. The number of halogens is 1. The summed E-state index contributed by atoms with van der Waals surface area (Å²) in [7, 11) is 0. The van der Waals surface area contributed by atoms with Gasteiger partial charge in [-0.1, -0.05) is 41.9 Å². The Balaban J connectivity index is 1.90. The molecule has 0 saturated heterocycles. The van der Waals surface area contributed by atoms with Crippen LogP contribution in [0.3, 0.4) is 0 Å². The highest BCUT2D eigenvalue weighted by Gasteiger charge is 2.40. The molecule has 0 amide bonds. The highest BCUT2D eigenvalue weighted by atomic mass is 35.5. The molecule has 1 aliphatic rings. The molecule has 8 heteroatoms. The molecule has 31 heavy (non-hydrogen) atoms. The van der Waals surface area contributed by atoms with E-state index in [4.69, 9.17) is 22.5 Å². The van der Waals surface area contributed by atoms with Gasteiger partial charge in [-0.05, 0) is 37.6 Å². The van der Waals surface area contributed by atoms with Crippen LogP contribution in [0.2, 0.25) is 5.02 Å². The van der Waals surface area contributed by atoms with Gasteiger partial charge in [-0.25, -0.2) is 4.99 Å². The van der Waals surface area contributed by atoms with Crippen molar-refractivity contribution < 1.29 is 14.8 Å². The van der Waals surface area contributed by atoms with Crippen LogP contribution in [0.1, 0.15) is 46.1 Å². The van der Waals surface area contributed by atoms with Gasteiger partial charge in [0.05, 0.1) is 17.3 Å². The predicted molar refractivity (Wildman–Crippen MR) is 124 cm³/mol. The molecule has 2 unspecified atom stereocenters. The maximum absolute atomic E-state index is 13.2. The zero-order chi connectivity index (χ0) is 22.3. The lowest BCUT2D eigenvalue weighted by Gasteiger charge is -2.30. The summed E-state index contributed by atoms with van der Waals surface area (Å²) in [4.78, 5) is 30.8. The highest BCUT2D eigenvalue weighted by molar-refractivity contribution is 7.18. The lowest BCUT2D eigenvalue weighted by atomic mass is 9.75. The molecule has 2 heterocycles. The van der Waals surface area contributed by atoms with Gasteiger partial charge in [-0.2, -0.15) is 0 Å². The van der Waals surface area contributed by atoms with E-state index in [1.54, 1.807) is 30.3 Å². The van der Waals surface area contributed by atoms with Gasteiger partial charge in [-0.3, -0.25) is 20.3 Å². The van der Waals surface area contributed by atoms with Crippen LogP contribution in [0.25, 0.3) is 0 Å². The molecule has 3 aromatic rings. The fraction of sp³-hybridized carbons (Fsp3) is 0.174. The molecule has 0 aliphatic carbocycles. The number of Topliss-reactive ketones (excluding diaryl/α,β-unsaturated/α-hetero) is 1. The van der Waals surface area contributed by atoms with Gasteiger partial charge in [0.15, 0.2) is 0 Å². The molecule has 0 saturated carbocycles. The normalized spacial score (nSPS) is 17.6. The molecule has 6 nitrogen and oxygen atoms in total. The molecule has 2 atom stereocenters. The number of hydrogen-bond acceptors (Lipinski definition) is 7. The number of hydrogen-bond donors (Lipinski definition) is 3. The fourth-order valence-corrected chi connectivity index (χ4v) is 5.50. The number of anilines is 2. The lowest BCUT2D eigenvalue weighted by molar-refractivity contribution is -0.119. The fourth-order valence-electron chi connectivity index (χ4n) is 4.09. The third-order valence-electron chi connectivity index (χ3n) is 5.47. The molecule has 0 bridgehead atoms. The van der Waals surface area contributed by atoms with Crippen molar-refractivity contribution >= 4 is 56.6 Å². The molecule has 1 aliphatic heterocycles. The Morgan fingerprint density at radius 3 is 2.61 bits per heavy atom. The minimum Gasteiger partial charge on any atom is -0.397 e. The molecule has 4 N–H and O–H groups in total. The lowest BCUT2D eigenvalue weighted by Crippen LogP contribution is -2.30. The number of nitrogen functional groups attached to an aromatic ring is 1. The summed E-state index contributed by atoms with van der Waals surface area (Å²) in [6.07, 6.45) is 0. The van der Waals surface area contributed by atoms with Gasteiger partial charge in [0.1, 0.15) is 15.7 Å². The monoisotopic (exact) mass is 453 g/mol. The third-order valence-corrected chi connectivity index (χ3v) is 6.93. The van der Waals surface area contributed by atoms with E-state index in [1.165, 1.54) is 18.3 Å². The molecule has 0 spiro atoms. The Morgan fingerprint density at radius 2 is 1.94 bits per heavy atom. The van der Waals surface area contributed by atoms with Crippen molar-refractivity contribution in [2.75, 3.05) is 11.2 Å². The number of rotatable bonds is 5. The summed E-state index contributed by atoms with van der Waals surface area (Å²) in [5.74, 6) is -1.27. The van der Waals surface area contributed by atoms with Crippen LogP contribution in [0, 0.1) is 5.92 Å². The molecule has 0 radical (unpaired) electrons. The predicted octanol–water partition coefficient (Wildman–Crippen LogP) is 5.46. The number of aliphatic imine (C=N–C) groups is 1. The van der Waals surface area contributed by atoms with Gasteiger partial charge in [-0.15, -0.1) is 11.3 Å². The second kappa shape index (κ2) is 8.26. The van der Waals surface area contributed by atoms with E-state index in [9.17, 15) is 9.59 Å². The topological polar surface area (TPSA) is 105 Å². The van der Waals surface area contributed by atoms with Gasteiger partial charge in [0.2, 0.25) is 5.78 Å². The standard InChI is InChI=1S/C23H20ClN3O3S/c1-11-17(12(2)28)18(15-8-3-4-9-16(15)24)19-20(25)22(31-23(19)26-11)21(29)13-6-5-7-14(10-13)27-30/h3-10,17-18,27,30H,25H2,1-2H3. The van der Waals surface area contributed by atoms with Crippen LogP contribution < -0.4 is 11.2 Å². The van der Waals surface area contributed by atoms with Crippen LogP contribution in [0.4, 0.5) is 16.4 Å². The number of carbonyl (C=O) groups excluding carboxylic acids is 2. The second-order valence-electron chi connectivity index (χ2n) is 7.43. The molecule has 158 valence electrons. The summed E-state index contributed by atoms with van der Waals surface area (Å²) in [5, 5.41) is 10.3. The number of benzene rings is 2. The zero-order valence-corrected chi connectivity index (χ0v) is 18.4. The molecular weight excluding hydrogens is 434 g/mol. The van der Waals surface area contributed by atoms with Crippen molar-refractivity contribution in [2.45, 2.75) is 19.8 Å². The van der Waals surface area contributed by atoms with Crippen LogP contribution in [0.5, 0.6) is 0 Å². The van der Waals surface area contributed by atoms with Crippen molar-refractivity contribution in [3.05, 3.63) is 75.1 Å². The Hall–Kier alpha value is -3.00. The van der Waals surface area contributed by atoms with Gasteiger partial charge >= 0.3 is 0 Å². The van der Waals surface area contributed by atoms with E-state index in [1.807, 2.05) is 30.6 Å². The van der Waals surface area contributed by atoms with Crippen LogP contribution in [0.15, 0.2) is 53.5 Å². The van der Waals surface area contributed by atoms with Gasteiger partial charge in [0.25, 0.3) is 0 Å². The average molecular weight is 454 g/mol. The summed E-state index contributed by atoms with van der Waals surface area (Å²) in [6, 6.07) is 13.8. The summed E-state index contributed by atoms with van der Waals surface area (Å²) >= 11 is 7.71. The number of carbonyl (C=O) groups is 2. The molecular formula is C23H20ClN3O3S. The second-order valence-corrected chi connectivity index (χ2v) is 8.83. The molecule has 1 aromatic heterocycles. The first-order valence-corrected chi connectivity index (χ1v) is 10.8. The number of ketones is 2. The van der Waals surface area contributed by atoms with Crippen molar-refractivity contribution in [3.63, 3.8) is 0 Å². The van der Waals surface area contributed by atoms with E-state index in [0.29, 0.717) is 43.1 Å². The molecule has 0 fully saturated rings. The number of nitrogens with one attached hydrogen (secondary N) is 1. The Kier molecular flexibility index (Phi) is 5.66. The van der Waals surface area contributed by atoms with E-state index in [2.05, 4.69) is 4.99 Å². The Labute approximate surface area is 188 Å². The highest BCUT2D eigenvalue weighted by Crippen LogP contribution is 2.52. The van der Waals surface area contributed by atoms with Crippen molar-refractivity contribution in [1.82, 2.24) is 0 Å². The summed E-state index contributed by atoms with van der Waals surface area (Å²) in [6.45, 7) is 3.34. The number of fused-ring (bicyclic) bond motifs is 1. The first-order valence-electron chi connectivity index (χ1n) is 9.60. The minimum absolute atomic E-state index is 0.0444. The maximum atomic E-state index is 13.2. The number of nitrogens with two attached hydrogens (primary N) is 1. The van der Waals surface area contributed by atoms with E-state index < -0.39 is 11.8 Å². The van der Waals surface area contributed by atoms with E-state index >= 15 is 0 Å². The molecule has 4 rings (SSSR count). The third kappa shape index (κ3) is 3.65. The SMILES string of the molecule is CC(=O)C1C(C)=Nc2sc(C(=O)c3cccc(NO)c3)c(N)c2C1c1ccccc1Cl. The first-order chi connectivity index (χ1) is 14.8. The van der Waals surface area contributed by atoms with Crippen LogP contribution in [-0.2, 0) is 4.79 Å². The van der Waals surface area contributed by atoms with Gasteiger partial charge in [0, 0.05) is 27.8 Å². The van der Waals surface area contributed by atoms with Crippen molar-refractivity contribution in [1.29, 1.82) is 0 Å². The zero-order valence-electron chi connectivity index (χ0n) is 16.8. The summed E-state index contributed by atoms with van der Waals surface area (Å²) < 4.78 is 0. The smallest absolute Gasteiger partial charge is 0.205 e. The summed E-state index contributed by atoms with van der Waals surface area (Å²) in [5.41, 5.74) is 11.7. The van der Waals surface area contributed by atoms with Gasteiger partial charge < -0.3 is 5.73 Å². The number of thiophene rings is 1. The quantitative estimate of drug-likeness (QED) is 0.351. The Bertz CT molecular complexity index is 1230. The minimum atomic E-state index is -0.519. The Morgan fingerprint density at radius 1 is 1.19 bits per heavy atom. The molecule has 2 aromatic carbocycles. The maximum Gasteiger partial charge on any atom is 0.205 e. The van der Waals surface area contributed by atoms with Crippen LogP contribution in [-0.4, -0.2) is 22.5 Å². The average Bonchev–Trinajstić information content (AvgIpc) is 3.08. The van der Waals surface area contributed by atoms with Crippen LogP contribution >= 0.6 is 22.9 Å². The van der Waals surface area contributed by atoms with E-state index in [-0.39, 0.29) is 11.6 Å². The van der Waals surface area contributed by atoms with E-state index in [0.717, 1.165) is 5.56 Å². The largest absolute Gasteiger partial charge is 0.397 e. The number of nitrogens with zero attached hydrogens (tertiary/aromatic N) is 1.